The third-order valence-electron chi connectivity index (χ3n) is 10.3. The van der Waals surface area contributed by atoms with Crippen LogP contribution in [0.1, 0.15) is 0 Å². The van der Waals surface area contributed by atoms with E-state index in [0.717, 1.165) is 27.2 Å². The van der Waals surface area contributed by atoms with Crippen molar-refractivity contribution in [1.29, 1.82) is 0 Å². The van der Waals surface area contributed by atoms with Gasteiger partial charge in [0, 0.05) is 54.0 Å². The van der Waals surface area contributed by atoms with Crippen LogP contribution in [0.25, 0.3) is 97.7 Å². The van der Waals surface area contributed by atoms with Gasteiger partial charge in [-0.2, -0.15) is 0 Å². The van der Waals surface area contributed by atoms with E-state index in [1.807, 2.05) is 0 Å². The van der Waals surface area contributed by atoms with Crippen LogP contribution in [0.3, 0.4) is 0 Å². The fourth-order valence-electron chi connectivity index (χ4n) is 7.98. The van der Waals surface area contributed by atoms with Gasteiger partial charge >= 0.3 is 0 Å². The molecule has 0 bridgehead atoms. The monoisotopic (exact) mass is 668 g/mol. The van der Waals surface area contributed by atoms with Gasteiger partial charge in [-0.05, 0) is 77.9 Å². The van der Waals surface area contributed by atoms with Crippen molar-refractivity contribution >= 4 is 75.3 Å². The zero-order valence-electron chi connectivity index (χ0n) is 27.4. The molecule has 51 heavy (non-hydrogen) atoms. The molecule has 0 amide bonds. The summed E-state index contributed by atoms with van der Waals surface area (Å²) in [6.07, 6.45) is 1.69. The highest BCUT2D eigenvalue weighted by molar-refractivity contribution is 7.25. The fourth-order valence-corrected chi connectivity index (χ4v) is 9.03. The summed E-state index contributed by atoms with van der Waals surface area (Å²) in [7, 11) is 0. The molecule has 0 aliphatic rings. The number of hydrogen-bond donors (Lipinski definition) is 0. The van der Waals surface area contributed by atoms with Gasteiger partial charge in [0.25, 0.3) is 0 Å². The van der Waals surface area contributed by atoms with Crippen LogP contribution in [-0.4, -0.2) is 19.1 Å². The third-order valence-corrected chi connectivity index (χ3v) is 11.3. The van der Waals surface area contributed by atoms with Gasteiger partial charge in [-0.1, -0.05) is 97.1 Å². The van der Waals surface area contributed by atoms with Crippen LogP contribution in [0.4, 0.5) is 0 Å². The number of rotatable bonds is 4. The van der Waals surface area contributed by atoms with Crippen molar-refractivity contribution in [1.82, 2.24) is 19.1 Å². The highest BCUT2D eigenvalue weighted by Crippen LogP contribution is 2.40. The Bertz CT molecular complexity index is 3130. The second-order valence-electron chi connectivity index (χ2n) is 13.1. The molecule has 11 rings (SSSR count). The Labute approximate surface area is 297 Å². The molecule has 4 heterocycles. The average Bonchev–Trinajstić information content (AvgIpc) is 3.85. The normalized spacial score (nSPS) is 11.9. The zero-order valence-corrected chi connectivity index (χ0v) is 28.2. The maximum Gasteiger partial charge on any atom is 0.128 e. The van der Waals surface area contributed by atoms with E-state index in [-0.39, 0.29) is 0 Å². The molecular weight excluding hydrogens is 641 g/mol. The van der Waals surface area contributed by atoms with Gasteiger partial charge in [-0.3, -0.25) is 0 Å². The number of fused-ring (bicyclic) bond motifs is 9. The van der Waals surface area contributed by atoms with E-state index in [1.54, 1.807) is 17.7 Å². The predicted octanol–water partition coefficient (Wildman–Crippen LogP) is 12.4. The molecule has 0 saturated carbocycles. The molecule has 0 aliphatic heterocycles. The van der Waals surface area contributed by atoms with Crippen LogP contribution in [0.5, 0.6) is 0 Å². The minimum absolute atomic E-state index is 0.972. The molecule has 0 aliphatic carbocycles. The number of para-hydroxylation sites is 3. The lowest BCUT2D eigenvalue weighted by Gasteiger charge is -2.10. The van der Waals surface area contributed by atoms with Crippen LogP contribution in [-0.2, 0) is 0 Å². The van der Waals surface area contributed by atoms with E-state index in [9.17, 15) is 0 Å². The summed E-state index contributed by atoms with van der Waals surface area (Å²) < 4.78 is 5.98. The van der Waals surface area contributed by atoms with E-state index in [4.69, 9.17) is 4.98 Å². The second-order valence-corrected chi connectivity index (χ2v) is 14.1. The summed E-state index contributed by atoms with van der Waals surface area (Å²) >= 11 is 1.72. The Balaban J connectivity index is 1.04. The first kappa shape index (κ1) is 28.3. The molecule has 4 aromatic heterocycles. The standard InChI is InChI=1S/C46H28N4S/c1-2-10-32(11-3-1)49-39-15-7-4-12-34(39)37-26-30(20-24-41(37)49)31-21-25-42-38(27-31)35-13-5-8-16-40(35)50(42)33-22-18-29(19-23-33)45-44-36-14-6-9-17-43(36)51-46(44)48-28-47-45/h1-28H. The number of thiophene rings is 1. The minimum Gasteiger partial charge on any atom is -0.309 e. The fraction of sp³-hybridized carbons (Fsp3) is 0. The van der Waals surface area contributed by atoms with Crippen LogP contribution >= 0.6 is 11.3 Å². The van der Waals surface area contributed by atoms with E-state index in [2.05, 4.69) is 178 Å². The molecule has 0 unspecified atom stereocenters. The molecule has 0 N–H and O–H groups in total. The smallest absolute Gasteiger partial charge is 0.128 e. The minimum atomic E-state index is 0.972. The highest BCUT2D eigenvalue weighted by atomic mass is 32.1. The zero-order chi connectivity index (χ0) is 33.5. The summed E-state index contributed by atoms with van der Waals surface area (Å²) in [5, 5.41) is 7.32. The van der Waals surface area contributed by atoms with E-state index in [1.165, 1.54) is 70.5 Å². The van der Waals surface area contributed by atoms with Crippen molar-refractivity contribution in [3.8, 4) is 33.8 Å². The number of hydrogen-bond acceptors (Lipinski definition) is 3. The first-order valence-corrected chi connectivity index (χ1v) is 18.0. The van der Waals surface area contributed by atoms with E-state index in [0.29, 0.717) is 0 Å². The van der Waals surface area contributed by atoms with Crippen LogP contribution in [0.15, 0.2) is 170 Å². The van der Waals surface area contributed by atoms with Gasteiger partial charge in [-0.25, -0.2) is 9.97 Å². The van der Waals surface area contributed by atoms with Crippen molar-refractivity contribution in [2.75, 3.05) is 0 Å². The number of benzene rings is 7. The third kappa shape index (κ3) is 4.25. The molecule has 4 nitrogen and oxygen atoms in total. The lowest BCUT2D eigenvalue weighted by Crippen LogP contribution is -1.94. The Morgan fingerprint density at radius 3 is 1.55 bits per heavy atom. The highest BCUT2D eigenvalue weighted by Gasteiger charge is 2.17. The van der Waals surface area contributed by atoms with Gasteiger partial charge in [0.1, 0.15) is 11.2 Å². The summed E-state index contributed by atoms with van der Waals surface area (Å²) in [6.45, 7) is 0. The van der Waals surface area contributed by atoms with Crippen molar-refractivity contribution in [2.24, 2.45) is 0 Å². The molecular formula is C46H28N4S. The van der Waals surface area contributed by atoms with Gasteiger partial charge in [-0.15, -0.1) is 11.3 Å². The van der Waals surface area contributed by atoms with Crippen molar-refractivity contribution < 1.29 is 0 Å². The van der Waals surface area contributed by atoms with Gasteiger partial charge in [0.05, 0.1) is 27.8 Å². The number of nitrogens with zero attached hydrogens (tertiary/aromatic N) is 4. The maximum absolute atomic E-state index is 4.77. The second kappa shape index (κ2) is 11.0. The van der Waals surface area contributed by atoms with Crippen LogP contribution in [0, 0.1) is 0 Å². The van der Waals surface area contributed by atoms with Crippen molar-refractivity contribution in [3.63, 3.8) is 0 Å². The van der Waals surface area contributed by atoms with Gasteiger partial charge in [0.15, 0.2) is 0 Å². The predicted molar refractivity (Wildman–Crippen MR) is 214 cm³/mol. The van der Waals surface area contributed by atoms with Gasteiger partial charge in [0.2, 0.25) is 0 Å². The lowest BCUT2D eigenvalue weighted by atomic mass is 10.0. The van der Waals surface area contributed by atoms with Gasteiger partial charge < -0.3 is 9.13 Å². The quantitative estimate of drug-likeness (QED) is 0.187. The average molecular weight is 669 g/mol. The topological polar surface area (TPSA) is 35.6 Å². The summed E-state index contributed by atoms with van der Waals surface area (Å²) in [5.41, 5.74) is 11.6. The summed E-state index contributed by atoms with van der Waals surface area (Å²) in [6, 6.07) is 59.2. The SMILES string of the molecule is c1ccc(-n2c3ccccc3c3cc(-c4ccc5c(c4)c4ccccc4n5-c4ccc(-c5ncnc6sc7ccccc7c56)cc4)ccc32)cc1. The first-order chi connectivity index (χ1) is 25.3. The molecule has 0 atom stereocenters. The lowest BCUT2D eigenvalue weighted by molar-refractivity contribution is 1.18. The molecule has 7 aromatic carbocycles. The molecule has 238 valence electrons. The van der Waals surface area contributed by atoms with E-state index < -0.39 is 0 Å². The molecule has 11 aromatic rings. The molecule has 0 fully saturated rings. The molecule has 0 saturated heterocycles. The van der Waals surface area contributed by atoms with Crippen LogP contribution < -0.4 is 0 Å². The Morgan fingerprint density at radius 1 is 0.392 bits per heavy atom. The van der Waals surface area contributed by atoms with Crippen molar-refractivity contribution in [2.45, 2.75) is 0 Å². The Morgan fingerprint density at radius 2 is 0.902 bits per heavy atom. The summed E-state index contributed by atoms with van der Waals surface area (Å²) in [4.78, 5) is 10.4. The summed E-state index contributed by atoms with van der Waals surface area (Å²) in [5.74, 6) is 0. The van der Waals surface area contributed by atoms with Crippen LogP contribution in [0.2, 0.25) is 0 Å². The molecule has 0 radical (unpaired) electrons. The van der Waals surface area contributed by atoms with Crippen molar-refractivity contribution in [3.05, 3.63) is 170 Å². The molecule has 0 spiro atoms. The largest absolute Gasteiger partial charge is 0.309 e. The maximum atomic E-state index is 4.77. The Hall–Kier alpha value is -6.56. The number of aromatic nitrogens is 4. The first-order valence-electron chi connectivity index (χ1n) is 17.2. The molecule has 5 heteroatoms. The Kier molecular flexibility index (Phi) is 6.09. The van der Waals surface area contributed by atoms with E-state index >= 15 is 0 Å².